The van der Waals surface area contributed by atoms with E-state index in [9.17, 15) is 22.4 Å². The van der Waals surface area contributed by atoms with Crippen LogP contribution in [0.25, 0.3) is 0 Å². The molecule has 6 nitrogen and oxygen atoms in total. The van der Waals surface area contributed by atoms with E-state index in [1.54, 1.807) is 0 Å². The molecule has 0 unspecified atom stereocenters. The van der Waals surface area contributed by atoms with Gasteiger partial charge in [0.2, 0.25) is 0 Å². The topological polar surface area (TPSA) is 73.7 Å². The highest BCUT2D eigenvalue weighted by molar-refractivity contribution is 5.90. The molecule has 0 aliphatic carbocycles. The summed E-state index contributed by atoms with van der Waals surface area (Å²) in [4.78, 5) is 22.9. The molecule has 0 spiro atoms. The van der Waals surface area contributed by atoms with Crippen molar-refractivity contribution < 1.29 is 31.9 Å². The van der Waals surface area contributed by atoms with Gasteiger partial charge < -0.3 is 9.57 Å². The zero-order chi connectivity index (χ0) is 18.4. The molecule has 25 heavy (non-hydrogen) atoms. The summed E-state index contributed by atoms with van der Waals surface area (Å²) in [5.41, 5.74) is -1.88. The first kappa shape index (κ1) is 18.3. The molecule has 0 bridgehead atoms. The maximum absolute atomic E-state index is 13.0. The fraction of sp³-hybridized carbons (Fsp3) is 0.200. The van der Waals surface area contributed by atoms with Crippen LogP contribution in [0.3, 0.4) is 0 Å². The minimum atomic E-state index is -4.91. The molecule has 1 aromatic carbocycles. The lowest BCUT2D eigenvalue weighted by Gasteiger charge is -2.10. The number of carbonyl (C=O) groups is 1. The standard InChI is InChI=1S/C15H11F4N3O3/c1-2-24-13(23)11-8-20-14(22-12(11)15(17,18)19)25-21-7-9-3-5-10(16)6-4-9/h3-8H,2H2,1H3. The average Bonchev–Trinajstić information content (AvgIpc) is 2.56. The van der Waals surface area contributed by atoms with E-state index in [1.807, 2.05) is 0 Å². The molecular weight excluding hydrogens is 346 g/mol. The zero-order valence-electron chi connectivity index (χ0n) is 12.7. The Morgan fingerprint density at radius 3 is 2.56 bits per heavy atom. The van der Waals surface area contributed by atoms with Gasteiger partial charge in [0.25, 0.3) is 0 Å². The van der Waals surface area contributed by atoms with Crippen LogP contribution in [-0.4, -0.2) is 28.8 Å². The first-order chi connectivity index (χ1) is 11.8. The van der Waals surface area contributed by atoms with Crippen molar-refractivity contribution in [1.29, 1.82) is 0 Å². The third-order valence-corrected chi connectivity index (χ3v) is 2.74. The van der Waals surface area contributed by atoms with Crippen LogP contribution in [0, 0.1) is 5.82 Å². The first-order valence-corrected chi connectivity index (χ1v) is 6.88. The predicted octanol–water partition coefficient (Wildman–Crippen LogP) is 3.22. The van der Waals surface area contributed by atoms with E-state index in [1.165, 1.54) is 31.2 Å². The van der Waals surface area contributed by atoms with Gasteiger partial charge in [-0.05, 0) is 24.6 Å². The van der Waals surface area contributed by atoms with Gasteiger partial charge in [0.15, 0.2) is 5.69 Å². The predicted molar refractivity (Wildman–Crippen MR) is 77.6 cm³/mol. The van der Waals surface area contributed by atoms with E-state index < -0.39 is 35.2 Å². The molecule has 2 rings (SSSR count). The van der Waals surface area contributed by atoms with Gasteiger partial charge in [0.1, 0.15) is 11.4 Å². The summed E-state index contributed by atoms with van der Waals surface area (Å²) in [6.07, 6.45) is -3.13. The molecule has 1 heterocycles. The molecular formula is C15H11F4N3O3. The molecule has 0 N–H and O–H groups in total. The molecule has 1 aromatic heterocycles. The van der Waals surface area contributed by atoms with Crippen molar-refractivity contribution in [1.82, 2.24) is 9.97 Å². The summed E-state index contributed by atoms with van der Waals surface area (Å²) >= 11 is 0. The molecule has 0 aliphatic rings. The summed E-state index contributed by atoms with van der Waals surface area (Å²) in [6, 6.07) is 4.41. The van der Waals surface area contributed by atoms with Crippen molar-refractivity contribution in [2.24, 2.45) is 5.16 Å². The van der Waals surface area contributed by atoms with Crippen molar-refractivity contribution in [2.75, 3.05) is 6.61 Å². The van der Waals surface area contributed by atoms with Gasteiger partial charge in [0.05, 0.1) is 12.8 Å². The number of alkyl halides is 3. The summed E-state index contributed by atoms with van der Waals surface area (Å²) in [5, 5.41) is 3.42. The monoisotopic (exact) mass is 357 g/mol. The highest BCUT2D eigenvalue weighted by Gasteiger charge is 2.39. The van der Waals surface area contributed by atoms with Crippen LogP contribution in [-0.2, 0) is 10.9 Å². The van der Waals surface area contributed by atoms with Gasteiger partial charge in [-0.15, -0.1) is 0 Å². The molecule has 0 saturated carbocycles. The molecule has 0 saturated heterocycles. The number of benzene rings is 1. The first-order valence-electron chi connectivity index (χ1n) is 6.88. The number of aromatic nitrogens is 2. The molecule has 0 amide bonds. The van der Waals surface area contributed by atoms with E-state index >= 15 is 0 Å². The van der Waals surface area contributed by atoms with E-state index in [0.29, 0.717) is 11.8 Å². The maximum atomic E-state index is 13.0. The SMILES string of the molecule is CCOC(=O)c1cnc(ON=Cc2ccc(F)cc2)nc1C(F)(F)F. The fourth-order valence-corrected chi connectivity index (χ4v) is 1.67. The van der Waals surface area contributed by atoms with Gasteiger partial charge in [-0.1, -0.05) is 17.3 Å². The lowest BCUT2D eigenvalue weighted by Crippen LogP contribution is -2.18. The summed E-state index contributed by atoms with van der Waals surface area (Å²) in [6.45, 7) is 1.35. The Morgan fingerprint density at radius 1 is 1.28 bits per heavy atom. The van der Waals surface area contributed by atoms with Crippen molar-refractivity contribution >= 4 is 12.2 Å². The minimum Gasteiger partial charge on any atom is -0.462 e. The molecule has 2 aromatic rings. The summed E-state index contributed by atoms with van der Waals surface area (Å²) in [5.74, 6) is -1.65. The van der Waals surface area contributed by atoms with Crippen molar-refractivity contribution in [3.05, 3.63) is 53.1 Å². The number of carbonyl (C=O) groups excluding carboxylic acids is 1. The lowest BCUT2D eigenvalue weighted by molar-refractivity contribution is -0.142. The van der Waals surface area contributed by atoms with Crippen LogP contribution in [0.4, 0.5) is 17.6 Å². The lowest BCUT2D eigenvalue weighted by atomic mass is 10.2. The third kappa shape index (κ3) is 4.96. The molecule has 0 fully saturated rings. The highest BCUT2D eigenvalue weighted by Crippen LogP contribution is 2.31. The van der Waals surface area contributed by atoms with Crippen LogP contribution in [0.15, 0.2) is 35.6 Å². The Kier molecular flexibility index (Phi) is 5.63. The average molecular weight is 357 g/mol. The summed E-state index contributed by atoms with van der Waals surface area (Å²) in [7, 11) is 0. The van der Waals surface area contributed by atoms with E-state index in [4.69, 9.17) is 0 Å². The van der Waals surface area contributed by atoms with E-state index in [0.717, 1.165) is 6.21 Å². The summed E-state index contributed by atoms with van der Waals surface area (Å²) < 4.78 is 56.4. The number of esters is 1. The Bertz CT molecular complexity index is 777. The quantitative estimate of drug-likeness (QED) is 0.356. The second kappa shape index (κ2) is 7.69. The number of hydrogen-bond donors (Lipinski definition) is 0. The second-order valence-electron chi connectivity index (χ2n) is 4.51. The Labute approximate surface area is 139 Å². The normalized spacial score (nSPS) is 11.6. The van der Waals surface area contributed by atoms with Crippen LogP contribution in [0.5, 0.6) is 6.01 Å². The Morgan fingerprint density at radius 2 is 1.96 bits per heavy atom. The fourth-order valence-electron chi connectivity index (χ4n) is 1.67. The van der Waals surface area contributed by atoms with E-state index in [2.05, 4.69) is 24.7 Å². The van der Waals surface area contributed by atoms with Crippen molar-refractivity contribution in [2.45, 2.75) is 13.1 Å². The number of rotatable bonds is 5. The highest BCUT2D eigenvalue weighted by atomic mass is 19.4. The maximum Gasteiger partial charge on any atom is 0.434 e. The van der Waals surface area contributed by atoms with Crippen molar-refractivity contribution in [3.8, 4) is 6.01 Å². The molecule has 132 valence electrons. The smallest absolute Gasteiger partial charge is 0.434 e. The molecule has 0 aliphatic heterocycles. The molecule has 0 atom stereocenters. The van der Waals surface area contributed by atoms with Gasteiger partial charge in [0, 0.05) is 6.20 Å². The van der Waals surface area contributed by atoms with Crippen LogP contribution in [0.2, 0.25) is 0 Å². The number of oxime groups is 1. The minimum absolute atomic E-state index is 0.101. The third-order valence-electron chi connectivity index (χ3n) is 2.74. The van der Waals surface area contributed by atoms with Crippen LogP contribution < -0.4 is 4.84 Å². The number of hydrogen-bond acceptors (Lipinski definition) is 6. The number of halogens is 4. The van der Waals surface area contributed by atoms with Crippen LogP contribution >= 0.6 is 0 Å². The Hall–Kier alpha value is -3.04. The van der Waals surface area contributed by atoms with Gasteiger partial charge in [-0.3, -0.25) is 0 Å². The van der Waals surface area contributed by atoms with Crippen molar-refractivity contribution in [3.63, 3.8) is 0 Å². The van der Waals surface area contributed by atoms with Gasteiger partial charge in [-0.2, -0.15) is 18.2 Å². The Balaban J connectivity index is 2.21. The molecule has 0 radical (unpaired) electrons. The van der Waals surface area contributed by atoms with Gasteiger partial charge in [-0.25, -0.2) is 14.2 Å². The van der Waals surface area contributed by atoms with Crippen LogP contribution in [0.1, 0.15) is 28.5 Å². The largest absolute Gasteiger partial charge is 0.462 e. The molecule has 10 heteroatoms. The number of nitrogens with zero attached hydrogens (tertiary/aromatic N) is 3. The van der Waals surface area contributed by atoms with E-state index in [-0.39, 0.29) is 6.61 Å². The second-order valence-corrected chi connectivity index (χ2v) is 4.51. The zero-order valence-corrected chi connectivity index (χ0v) is 12.7. The number of ether oxygens (including phenoxy) is 1. The van der Waals surface area contributed by atoms with Gasteiger partial charge >= 0.3 is 18.2 Å².